The van der Waals surface area contributed by atoms with Crippen molar-refractivity contribution in [3.05, 3.63) is 0 Å². The number of halogens is 1. The molecule has 2 rings (SSSR count). The van der Waals surface area contributed by atoms with E-state index in [1.54, 1.807) is 7.11 Å². The van der Waals surface area contributed by atoms with E-state index in [1.165, 1.54) is 44.4 Å². The van der Waals surface area contributed by atoms with E-state index in [2.05, 4.69) is 27.0 Å². The van der Waals surface area contributed by atoms with Crippen LogP contribution in [0, 0.1) is 0 Å². The highest BCUT2D eigenvalue weighted by atomic mass is 127. The largest absolute Gasteiger partial charge is 0.385 e. The molecule has 124 valence electrons. The fraction of sp³-hybridized carbons (Fsp3) is 0.933. The van der Waals surface area contributed by atoms with Gasteiger partial charge >= 0.3 is 0 Å². The Hall–Kier alpha value is 0.310. The fourth-order valence-electron chi connectivity index (χ4n) is 3.27. The Balaban J connectivity index is 0.00000220. The molecule has 1 spiro atoms. The van der Waals surface area contributed by atoms with Gasteiger partial charge in [0.25, 0.3) is 0 Å². The van der Waals surface area contributed by atoms with Crippen molar-refractivity contribution in [3.63, 3.8) is 0 Å². The SMILES string of the molecule is CN=C(NCCCOC)N1CCSC2(CCCCC2)C1.I. The number of rotatable bonds is 4. The number of thioether (sulfide) groups is 1. The molecule has 4 nitrogen and oxygen atoms in total. The van der Waals surface area contributed by atoms with Crippen LogP contribution in [0.5, 0.6) is 0 Å². The third kappa shape index (κ3) is 5.78. The number of nitrogens with one attached hydrogen (secondary N) is 1. The zero-order valence-electron chi connectivity index (χ0n) is 13.4. The summed E-state index contributed by atoms with van der Waals surface area (Å²) in [4.78, 5) is 6.94. The van der Waals surface area contributed by atoms with Crippen molar-refractivity contribution in [2.24, 2.45) is 4.99 Å². The number of nitrogens with zero attached hydrogens (tertiary/aromatic N) is 2. The van der Waals surface area contributed by atoms with Crippen molar-refractivity contribution in [3.8, 4) is 0 Å². The summed E-state index contributed by atoms with van der Waals surface area (Å²) < 4.78 is 5.60. The lowest BCUT2D eigenvalue weighted by molar-refractivity contribution is 0.195. The topological polar surface area (TPSA) is 36.9 Å². The van der Waals surface area contributed by atoms with E-state index in [4.69, 9.17) is 4.74 Å². The normalized spacial score (nSPS) is 22.0. The van der Waals surface area contributed by atoms with Gasteiger partial charge in [-0.1, -0.05) is 19.3 Å². The van der Waals surface area contributed by atoms with E-state index in [0.29, 0.717) is 4.75 Å². The first kappa shape index (κ1) is 19.4. The summed E-state index contributed by atoms with van der Waals surface area (Å²) in [5, 5.41) is 3.48. The minimum atomic E-state index is 0. The number of hydrogen-bond donors (Lipinski definition) is 1. The third-order valence-electron chi connectivity index (χ3n) is 4.33. The van der Waals surface area contributed by atoms with Crippen LogP contribution in [-0.2, 0) is 4.74 Å². The van der Waals surface area contributed by atoms with Gasteiger partial charge in [0.1, 0.15) is 0 Å². The third-order valence-corrected chi connectivity index (χ3v) is 5.87. The van der Waals surface area contributed by atoms with E-state index < -0.39 is 0 Å². The van der Waals surface area contributed by atoms with Gasteiger partial charge in [-0.2, -0.15) is 11.8 Å². The average Bonchev–Trinajstić information content (AvgIpc) is 2.48. The Morgan fingerprint density at radius 1 is 1.33 bits per heavy atom. The molecule has 21 heavy (non-hydrogen) atoms. The molecule has 0 aromatic heterocycles. The highest BCUT2D eigenvalue weighted by Gasteiger charge is 2.38. The van der Waals surface area contributed by atoms with Gasteiger partial charge in [-0.05, 0) is 19.3 Å². The summed E-state index contributed by atoms with van der Waals surface area (Å²) in [7, 11) is 3.65. The maximum Gasteiger partial charge on any atom is 0.193 e. The molecule has 0 atom stereocenters. The number of guanidine groups is 1. The first-order chi connectivity index (χ1) is 9.79. The molecule has 1 saturated heterocycles. The Morgan fingerprint density at radius 3 is 2.76 bits per heavy atom. The van der Waals surface area contributed by atoms with Crippen molar-refractivity contribution in [1.82, 2.24) is 10.2 Å². The summed E-state index contributed by atoms with van der Waals surface area (Å²) in [5.41, 5.74) is 0. The van der Waals surface area contributed by atoms with Crippen molar-refractivity contribution >= 4 is 41.7 Å². The van der Waals surface area contributed by atoms with Crippen LogP contribution in [0.15, 0.2) is 4.99 Å². The Bertz CT molecular complexity index is 317. The first-order valence-electron chi connectivity index (χ1n) is 7.88. The van der Waals surface area contributed by atoms with Crippen LogP contribution in [0.3, 0.4) is 0 Å². The molecule has 0 amide bonds. The lowest BCUT2D eigenvalue weighted by Gasteiger charge is -2.45. The van der Waals surface area contributed by atoms with E-state index >= 15 is 0 Å². The predicted molar refractivity (Wildman–Crippen MR) is 103 cm³/mol. The molecule has 1 aliphatic heterocycles. The molecule has 0 radical (unpaired) electrons. The minimum absolute atomic E-state index is 0. The van der Waals surface area contributed by atoms with Gasteiger partial charge in [0.2, 0.25) is 0 Å². The maximum absolute atomic E-state index is 5.10. The standard InChI is InChI=1S/C15H29N3OS.HI/c1-16-14(17-9-6-11-19-2)18-10-12-20-15(13-18)7-4-3-5-8-15;/h3-13H2,1-2H3,(H,16,17);1H. The van der Waals surface area contributed by atoms with Gasteiger partial charge in [-0.15, -0.1) is 24.0 Å². The molecule has 1 saturated carbocycles. The highest BCUT2D eigenvalue weighted by molar-refractivity contribution is 14.0. The predicted octanol–water partition coefficient (Wildman–Crippen LogP) is 2.97. The van der Waals surface area contributed by atoms with Crippen molar-refractivity contribution < 1.29 is 4.74 Å². The second-order valence-electron chi connectivity index (χ2n) is 5.83. The average molecular weight is 427 g/mol. The van der Waals surface area contributed by atoms with Crippen LogP contribution < -0.4 is 5.32 Å². The van der Waals surface area contributed by atoms with Crippen LogP contribution in [0.1, 0.15) is 38.5 Å². The van der Waals surface area contributed by atoms with Gasteiger partial charge in [0, 0.05) is 50.9 Å². The highest BCUT2D eigenvalue weighted by Crippen LogP contribution is 2.42. The van der Waals surface area contributed by atoms with E-state index in [9.17, 15) is 0 Å². The Labute approximate surface area is 150 Å². The summed E-state index contributed by atoms with van der Waals surface area (Å²) in [6.07, 6.45) is 8.03. The first-order valence-corrected chi connectivity index (χ1v) is 8.87. The van der Waals surface area contributed by atoms with Crippen LogP contribution in [0.25, 0.3) is 0 Å². The van der Waals surface area contributed by atoms with Crippen LogP contribution in [0.2, 0.25) is 0 Å². The quantitative estimate of drug-likeness (QED) is 0.324. The molecule has 0 unspecified atom stereocenters. The van der Waals surface area contributed by atoms with Crippen LogP contribution >= 0.6 is 35.7 Å². The van der Waals surface area contributed by atoms with Gasteiger partial charge in [-0.3, -0.25) is 4.99 Å². The monoisotopic (exact) mass is 427 g/mol. The summed E-state index contributed by atoms with van der Waals surface area (Å²) in [6.45, 7) is 4.04. The maximum atomic E-state index is 5.10. The van der Waals surface area contributed by atoms with Gasteiger partial charge in [0.05, 0.1) is 0 Å². The van der Waals surface area contributed by atoms with Gasteiger partial charge in [0.15, 0.2) is 5.96 Å². The molecule has 2 aliphatic rings. The van der Waals surface area contributed by atoms with Crippen molar-refractivity contribution in [2.45, 2.75) is 43.3 Å². The smallest absolute Gasteiger partial charge is 0.193 e. The van der Waals surface area contributed by atoms with Gasteiger partial charge < -0.3 is 15.0 Å². The summed E-state index contributed by atoms with van der Waals surface area (Å²) in [5.74, 6) is 2.31. The lowest BCUT2D eigenvalue weighted by atomic mass is 9.87. The minimum Gasteiger partial charge on any atom is -0.385 e. The number of aliphatic imine (C=N–C) groups is 1. The van der Waals surface area contributed by atoms with E-state index in [1.807, 2.05) is 7.05 Å². The zero-order valence-corrected chi connectivity index (χ0v) is 16.5. The van der Waals surface area contributed by atoms with E-state index in [0.717, 1.165) is 32.1 Å². The molecule has 2 fully saturated rings. The summed E-state index contributed by atoms with van der Waals surface area (Å²) >= 11 is 2.21. The molecular formula is C15H30IN3OS. The molecule has 1 aliphatic carbocycles. The second kappa shape index (κ2) is 10.2. The zero-order chi connectivity index (χ0) is 14.3. The molecular weight excluding hydrogens is 397 g/mol. The molecule has 0 aromatic rings. The fourth-order valence-corrected chi connectivity index (χ4v) is 4.84. The Kier molecular flexibility index (Phi) is 9.36. The van der Waals surface area contributed by atoms with Crippen molar-refractivity contribution in [1.29, 1.82) is 0 Å². The molecule has 1 heterocycles. The van der Waals surface area contributed by atoms with Gasteiger partial charge in [-0.25, -0.2) is 0 Å². The lowest BCUT2D eigenvalue weighted by Crippen LogP contribution is -2.53. The molecule has 1 N–H and O–H groups in total. The van der Waals surface area contributed by atoms with E-state index in [-0.39, 0.29) is 24.0 Å². The molecule has 6 heteroatoms. The molecule has 0 aromatic carbocycles. The second-order valence-corrected chi connectivity index (χ2v) is 7.40. The van der Waals surface area contributed by atoms with Crippen molar-refractivity contribution in [2.75, 3.05) is 46.2 Å². The van der Waals surface area contributed by atoms with Crippen LogP contribution in [-0.4, -0.2) is 61.8 Å². The summed E-state index contributed by atoms with van der Waals surface area (Å²) in [6, 6.07) is 0. The molecule has 0 bridgehead atoms. The number of ether oxygens (including phenoxy) is 1. The number of methoxy groups -OCH3 is 1. The Morgan fingerprint density at radius 2 is 2.10 bits per heavy atom. The van der Waals surface area contributed by atoms with Crippen LogP contribution in [0.4, 0.5) is 0 Å². The number of hydrogen-bond acceptors (Lipinski definition) is 3.